The molecule has 0 aliphatic heterocycles. The molecule has 0 spiro atoms. The zero-order valence-corrected chi connectivity index (χ0v) is 27.2. The fourth-order valence-corrected chi connectivity index (χ4v) is 8.61. The number of benzene rings is 8. The minimum absolute atomic E-state index is 1.12. The Balaban J connectivity index is 1.18. The van der Waals surface area contributed by atoms with Gasteiger partial charge in [-0.25, -0.2) is 0 Å². The van der Waals surface area contributed by atoms with Gasteiger partial charge in [-0.1, -0.05) is 127 Å². The van der Waals surface area contributed by atoms with Crippen LogP contribution in [0.2, 0.25) is 0 Å². The van der Waals surface area contributed by atoms with E-state index in [1.54, 1.807) is 0 Å². The van der Waals surface area contributed by atoms with Crippen LogP contribution in [-0.2, 0) is 0 Å². The van der Waals surface area contributed by atoms with E-state index in [2.05, 4.69) is 191 Å². The van der Waals surface area contributed by atoms with Gasteiger partial charge in [-0.2, -0.15) is 0 Å². The first-order valence-electron chi connectivity index (χ1n) is 17.3. The van der Waals surface area contributed by atoms with Gasteiger partial charge in [0.2, 0.25) is 0 Å². The zero-order chi connectivity index (χ0) is 32.8. The minimum atomic E-state index is 1.12. The Kier molecular flexibility index (Phi) is 5.70. The van der Waals surface area contributed by atoms with E-state index in [1.807, 2.05) is 0 Å². The van der Waals surface area contributed by atoms with Gasteiger partial charge >= 0.3 is 0 Å². The lowest BCUT2D eigenvalue weighted by Crippen LogP contribution is -2.10. The molecule has 232 valence electrons. The Hall–Kier alpha value is -6.64. The zero-order valence-electron chi connectivity index (χ0n) is 27.2. The van der Waals surface area contributed by atoms with Crippen LogP contribution in [0.5, 0.6) is 0 Å². The van der Waals surface area contributed by atoms with Crippen LogP contribution < -0.4 is 4.90 Å². The van der Waals surface area contributed by atoms with Crippen LogP contribution in [0.3, 0.4) is 0 Å². The highest BCUT2D eigenvalue weighted by Gasteiger charge is 2.31. The topological polar surface area (TPSA) is 8.17 Å². The molecule has 6 bridgehead atoms. The molecule has 9 aromatic rings. The van der Waals surface area contributed by atoms with Gasteiger partial charge in [0, 0.05) is 33.5 Å². The summed E-state index contributed by atoms with van der Waals surface area (Å²) in [6.07, 6.45) is 0. The Morgan fingerprint density at radius 2 is 0.820 bits per heavy atom. The number of aromatic nitrogens is 1. The molecule has 2 heteroatoms. The first-order valence-corrected chi connectivity index (χ1v) is 17.3. The molecule has 0 N–H and O–H groups in total. The number of rotatable bonds is 4. The van der Waals surface area contributed by atoms with E-state index in [0.29, 0.717) is 0 Å². The molecule has 0 atom stereocenters. The first kappa shape index (κ1) is 27.3. The van der Waals surface area contributed by atoms with Gasteiger partial charge in [0.15, 0.2) is 0 Å². The highest BCUT2D eigenvalue weighted by molar-refractivity contribution is 6.15. The molecule has 0 amide bonds. The number of fused-ring (bicyclic) bond motifs is 7. The molecule has 50 heavy (non-hydrogen) atoms. The van der Waals surface area contributed by atoms with Crippen LogP contribution in [0.1, 0.15) is 0 Å². The summed E-state index contributed by atoms with van der Waals surface area (Å²) in [5.41, 5.74) is 19.9. The maximum Gasteiger partial charge on any atom is 0.0561 e. The maximum atomic E-state index is 2.42. The molecule has 2 nitrogen and oxygen atoms in total. The summed E-state index contributed by atoms with van der Waals surface area (Å²) in [4.78, 5) is 2.41. The molecule has 11 rings (SSSR count). The van der Waals surface area contributed by atoms with Gasteiger partial charge in [-0.3, -0.25) is 0 Å². The largest absolute Gasteiger partial charge is 0.310 e. The van der Waals surface area contributed by atoms with Gasteiger partial charge < -0.3 is 9.47 Å². The van der Waals surface area contributed by atoms with Crippen molar-refractivity contribution in [1.82, 2.24) is 4.57 Å². The van der Waals surface area contributed by atoms with E-state index in [9.17, 15) is 0 Å². The predicted molar refractivity (Wildman–Crippen MR) is 210 cm³/mol. The predicted octanol–water partition coefficient (Wildman–Crippen LogP) is 13.2. The Morgan fingerprint density at radius 1 is 0.300 bits per heavy atom. The van der Waals surface area contributed by atoms with Gasteiger partial charge in [-0.05, 0) is 110 Å². The van der Waals surface area contributed by atoms with Gasteiger partial charge in [0.1, 0.15) is 0 Å². The lowest BCUT2D eigenvalue weighted by atomic mass is 9.83. The molecule has 1 aromatic heterocycles. The van der Waals surface area contributed by atoms with Crippen LogP contribution in [-0.4, -0.2) is 4.57 Å². The summed E-state index contributed by atoms with van der Waals surface area (Å²) < 4.78 is 2.40. The minimum Gasteiger partial charge on any atom is -0.310 e. The van der Waals surface area contributed by atoms with Crippen molar-refractivity contribution in [2.45, 2.75) is 0 Å². The van der Waals surface area contributed by atoms with Gasteiger partial charge in [0.05, 0.1) is 11.0 Å². The fraction of sp³-hybridized carbons (Fsp3) is 0. The third kappa shape index (κ3) is 3.79. The average molecular weight is 635 g/mol. The summed E-state index contributed by atoms with van der Waals surface area (Å²) in [7, 11) is 0. The van der Waals surface area contributed by atoms with Crippen molar-refractivity contribution < 1.29 is 0 Å². The molecule has 2 aliphatic rings. The second-order valence-corrected chi connectivity index (χ2v) is 13.3. The van der Waals surface area contributed by atoms with E-state index in [-0.39, 0.29) is 0 Å². The summed E-state index contributed by atoms with van der Waals surface area (Å²) in [5, 5.41) is 2.50. The van der Waals surface area contributed by atoms with E-state index >= 15 is 0 Å². The van der Waals surface area contributed by atoms with E-state index in [1.165, 1.54) is 77.4 Å². The highest BCUT2D eigenvalue weighted by Crippen LogP contribution is 2.57. The summed E-state index contributed by atoms with van der Waals surface area (Å²) in [5.74, 6) is 0. The fourth-order valence-electron chi connectivity index (χ4n) is 8.61. The van der Waals surface area contributed by atoms with Crippen molar-refractivity contribution in [2.24, 2.45) is 0 Å². The lowest BCUT2D eigenvalue weighted by Gasteiger charge is -2.28. The third-order valence-corrected chi connectivity index (χ3v) is 10.7. The van der Waals surface area contributed by atoms with E-state index in [0.717, 1.165) is 22.7 Å². The van der Waals surface area contributed by atoms with E-state index < -0.39 is 0 Å². The molecular weight excluding hydrogens is 605 g/mol. The summed E-state index contributed by atoms with van der Waals surface area (Å²) in [6.45, 7) is 0. The number of hydrogen-bond donors (Lipinski definition) is 0. The molecule has 2 aliphatic carbocycles. The first-order chi connectivity index (χ1) is 24.8. The Labute approximate surface area is 290 Å². The van der Waals surface area contributed by atoms with Gasteiger partial charge in [0.25, 0.3) is 0 Å². The Morgan fingerprint density at radius 3 is 1.58 bits per heavy atom. The van der Waals surface area contributed by atoms with Crippen LogP contribution >= 0.6 is 0 Å². The summed E-state index contributed by atoms with van der Waals surface area (Å²) >= 11 is 0. The second-order valence-electron chi connectivity index (χ2n) is 13.3. The van der Waals surface area contributed by atoms with Crippen LogP contribution in [0.25, 0.3) is 83.1 Å². The Bertz CT molecular complexity index is 2780. The van der Waals surface area contributed by atoms with Crippen LogP contribution in [0.15, 0.2) is 182 Å². The maximum absolute atomic E-state index is 2.42. The third-order valence-electron chi connectivity index (χ3n) is 10.7. The van der Waals surface area contributed by atoms with Crippen molar-refractivity contribution in [3.63, 3.8) is 0 Å². The van der Waals surface area contributed by atoms with Crippen molar-refractivity contribution in [2.75, 3.05) is 4.90 Å². The standard InChI is InChI=1S/C48H30N2/c1-3-13-31(14-4-1)49(34-25-27-37-36-18-9-10-24-45(36)50(46(37)30-34)32-15-5-2-6-16-32)33-26-28-43-44(29-33)42-23-12-22-40-41-21-11-20-39(48(41)43)35-17-7-8-19-38(35)47(40)42/h1-30H. The molecule has 0 radical (unpaired) electrons. The highest BCUT2D eigenvalue weighted by atomic mass is 15.1. The number of anilines is 3. The van der Waals surface area contributed by atoms with E-state index in [4.69, 9.17) is 0 Å². The van der Waals surface area contributed by atoms with Crippen LogP contribution in [0, 0.1) is 0 Å². The molecule has 8 aromatic carbocycles. The summed E-state index contributed by atoms with van der Waals surface area (Å²) in [6, 6.07) is 66.8. The average Bonchev–Trinajstić information content (AvgIpc) is 3.46. The van der Waals surface area contributed by atoms with Crippen molar-refractivity contribution in [3.8, 4) is 61.3 Å². The molecule has 0 unspecified atom stereocenters. The number of para-hydroxylation sites is 3. The quantitative estimate of drug-likeness (QED) is 0.187. The van der Waals surface area contributed by atoms with Crippen LogP contribution in [0.4, 0.5) is 17.1 Å². The van der Waals surface area contributed by atoms with Crippen molar-refractivity contribution in [3.05, 3.63) is 182 Å². The lowest BCUT2D eigenvalue weighted by molar-refractivity contribution is 1.18. The molecule has 0 saturated carbocycles. The number of hydrogen-bond acceptors (Lipinski definition) is 1. The number of nitrogens with zero attached hydrogens (tertiary/aromatic N) is 2. The molecule has 1 heterocycles. The smallest absolute Gasteiger partial charge is 0.0561 e. The normalized spacial score (nSPS) is 12.0. The SMILES string of the molecule is c1ccc(N(c2ccc3c(c2)-c2cccc4c2-c2ccccc2-c2cccc-4c2-3)c2ccc3c4ccccc4n(-c4ccccc4)c3c2)cc1. The second kappa shape index (κ2) is 10.4. The monoisotopic (exact) mass is 634 g/mol. The molecule has 0 fully saturated rings. The van der Waals surface area contributed by atoms with Gasteiger partial charge in [-0.15, -0.1) is 0 Å². The molecular formula is C48H30N2. The molecule has 0 saturated heterocycles. The van der Waals surface area contributed by atoms with Crippen molar-refractivity contribution >= 4 is 38.9 Å². The van der Waals surface area contributed by atoms with Crippen molar-refractivity contribution in [1.29, 1.82) is 0 Å².